The average Bonchev–Trinajstić information content (AvgIpc) is 3.62. The molecule has 12 nitrogen and oxygen atoms in total. The van der Waals surface area contributed by atoms with Gasteiger partial charge in [-0.15, -0.1) is 11.3 Å². The van der Waals surface area contributed by atoms with Gasteiger partial charge in [-0.2, -0.15) is 17.9 Å². The Labute approximate surface area is 273 Å². The molecule has 4 atom stereocenters. The fourth-order valence-corrected chi connectivity index (χ4v) is 9.22. The number of likely N-dealkylation sites (tertiary alicyclic amines) is 1. The Morgan fingerprint density at radius 3 is 2.20 bits per heavy atom. The summed E-state index contributed by atoms with van der Waals surface area (Å²) in [4.78, 5) is 40.2. The van der Waals surface area contributed by atoms with Gasteiger partial charge in [0.15, 0.2) is 9.84 Å². The van der Waals surface area contributed by atoms with Crippen molar-refractivity contribution in [1.29, 1.82) is 0 Å². The molecule has 0 saturated carbocycles. The fraction of sp³-hybridized carbons (Fsp3) is 0.519. The van der Waals surface area contributed by atoms with Crippen molar-refractivity contribution in [3.05, 3.63) is 46.3 Å². The fourth-order valence-electron chi connectivity index (χ4n) is 4.79. The second-order valence-electron chi connectivity index (χ2n) is 10.8. The molecule has 0 bridgehead atoms. The number of halogens is 4. The molecule has 1 aliphatic rings. The van der Waals surface area contributed by atoms with Crippen LogP contribution in [-0.2, 0) is 44.7 Å². The third-order valence-corrected chi connectivity index (χ3v) is 12.4. The molecule has 0 aliphatic carbocycles. The topological polar surface area (TPSA) is 165 Å². The maximum Gasteiger partial charge on any atom is 0.452 e. The number of hydrogen-bond acceptors (Lipinski definition) is 10. The van der Waals surface area contributed by atoms with Crippen molar-refractivity contribution < 1.29 is 53.9 Å². The van der Waals surface area contributed by atoms with Crippen LogP contribution in [0.4, 0.5) is 13.2 Å². The number of nitrogens with one attached hydrogen (secondary N) is 2. The van der Waals surface area contributed by atoms with Crippen LogP contribution in [0.1, 0.15) is 25.8 Å². The van der Waals surface area contributed by atoms with Gasteiger partial charge in [0.2, 0.25) is 11.8 Å². The Morgan fingerprint density at radius 1 is 1.07 bits per heavy atom. The average molecular weight is 732 g/mol. The van der Waals surface area contributed by atoms with Gasteiger partial charge in [-0.25, -0.2) is 16.8 Å². The number of amides is 2. The van der Waals surface area contributed by atoms with E-state index >= 15 is 0 Å². The second-order valence-corrected chi connectivity index (χ2v) is 16.7. The van der Waals surface area contributed by atoms with Gasteiger partial charge in [0.05, 0.1) is 35.1 Å². The lowest BCUT2D eigenvalue weighted by Gasteiger charge is -2.30. The van der Waals surface area contributed by atoms with Crippen LogP contribution in [0.5, 0.6) is 5.75 Å². The summed E-state index contributed by atoms with van der Waals surface area (Å²) in [6, 6.07) is 3.23. The zero-order chi connectivity index (χ0) is 34.6. The first kappa shape index (κ1) is 37.7. The van der Waals surface area contributed by atoms with Gasteiger partial charge in [-0.05, 0) is 42.2 Å². The van der Waals surface area contributed by atoms with Crippen LogP contribution in [0.25, 0.3) is 0 Å². The number of rotatable bonds is 14. The molecule has 1 aromatic heterocycles. The van der Waals surface area contributed by atoms with Crippen molar-refractivity contribution in [2.24, 2.45) is 5.92 Å². The van der Waals surface area contributed by atoms with Gasteiger partial charge in [-0.1, -0.05) is 37.6 Å². The molecule has 256 valence electrons. The summed E-state index contributed by atoms with van der Waals surface area (Å²) >= 11 is 6.55. The van der Waals surface area contributed by atoms with E-state index in [1.807, 2.05) is 5.32 Å². The molecular weight excluding hydrogens is 699 g/mol. The molecule has 0 spiro atoms. The summed E-state index contributed by atoms with van der Waals surface area (Å²) in [6.45, 7) is 1.40. The largest absolute Gasteiger partial charge is 0.497 e. The predicted molar refractivity (Wildman–Crippen MR) is 163 cm³/mol. The summed E-state index contributed by atoms with van der Waals surface area (Å²) in [7, 11) is -5.87. The van der Waals surface area contributed by atoms with E-state index in [1.54, 1.807) is 0 Å². The van der Waals surface area contributed by atoms with E-state index in [2.05, 4.69) is 4.72 Å². The molecule has 1 fully saturated rings. The first-order valence-corrected chi connectivity index (χ1v) is 18.0. The highest BCUT2D eigenvalue weighted by atomic mass is 35.5. The molecule has 0 radical (unpaired) electrons. The van der Waals surface area contributed by atoms with Gasteiger partial charge in [0.1, 0.15) is 22.0 Å². The van der Waals surface area contributed by atoms with Gasteiger partial charge in [0, 0.05) is 13.7 Å². The van der Waals surface area contributed by atoms with Crippen molar-refractivity contribution in [2.75, 3.05) is 27.4 Å². The Balaban J connectivity index is 1.97. The summed E-state index contributed by atoms with van der Waals surface area (Å²) < 4.78 is 105. The van der Waals surface area contributed by atoms with E-state index in [9.17, 15) is 44.4 Å². The number of hydrogen-bond donors (Lipinski definition) is 2. The zero-order valence-electron chi connectivity index (χ0n) is 25.0. The summed E-state index contributed by atoms with van der Waals surface area (Å²) in [5, 5.41) is 0.664. The van der Waals surface area contributed by atoms with Crippen LogP contribution in [-0.4, -0.2) is 96.3 Å². The smallest absolute Gasteiger partial charge is 0.452 e. The first-order chi connectivity index (χ1) is 21.3. The number of nitrogens with zero attached hydrogens (tertiary/aromatic N) is 1. The highest BCUT2D eigenvalue weighted by Crippen LogP contribution is 2.30. The number of thiophene rings is 1. The molecule has 2 N–H and O–H groups in total. The quantitative estimate of drug-likeness (QED) is 0.297. The molecule has 2 aromatic rings. The van der Waals surface area contributed by atoms with Crippen molar-refractivity contribution in [2.45, 2.75) is 59.8 Å². The molecule has 0 unspecified atom stereocenters. The standard InChI is InChI=1S/C27H33ClF3N3O9S3/c1-15(2)23(24(35)27(29,30)31)32-25(36)20-11-18(45(38,39)14-16-5-7-17(43-4)8-6-16)12-34(20)26(37)19(13-42-3)33-46(40,41)22-10-9-21(28)44-22/h5-10,15,18-20,23,33H,11-14H2,1-4H3,(H,32,36)/t18-,19+,20+,23+/m1/s1. The number of alkyl halides is 3. The SMILES string of the molecule is COC[C@H](NS(=O)(=O)c1ccc(Cl)s1)C(=O)N1C[C@H](S(=O)(=O)Cc2ccc(OC)cc2)C[C@H]1C(=O)N[C@H](C(=O)C(F)(F)F)C(C)C. The lowest BCUT2D eigenvalue weighted by molar-refractivity contribution is -0.175. The summed E-state index contributed by atoms with van der Waals surface area (Å²) in [5.41, 5.74) is 0.363. The lowest BCUT2D eigenvalue weighted by atomic mass is 9.98. The van der Waals surface area contributed by atoms with Crippen LogP contribution in [0.15, 0.2) is 40.6 Å². The van der Waals surface area contributed by atoms with Gasteiger partial charge >= 0.3 is 6.18 Å². The second kappa shape index (κ2) is 15.0. The normalized spacial score (nSPS) is 18.8. The van der Waals surface area contributed by atoms with E-state index < -0.39 is 98.3 Å². The maximum absolute atomic E-state index is 13.8. The van der Waals surface area contributed by atoms with E-state index in [-0.39, 0.29) is 8.55 Å². The van der Waals surface area contributed by atoms with Crippen molar-refractivity contribution in [3.8, 4) is 5.75 Å². The predicted octanol–water partition coefficient (Wildman–Crippen LogP) is 2.56. The van der Waals surface area contributed by atoms with E-state index in [4.69, 9.17) is 21.1 Å². The first-order valence-electron chi connectivity index (χ1n) is 13.6. The van der Waals surface area contributed by atoms with Gasteiger partial charge < -0.3 is 19.7 Å². The van der Waals surface area contributed by atoms with Crippen molar-refractivity contribution >= 4 is 60.4 Å². The molecule has 1 saturated heterocycles. The maximum atomic E-state index is 13.8. The summed E-state index contributed by atoms with van der Waals surface area (Å²) in [6.07, 6.45) is -5.82. The molecule has 1 aromatic carbocycles. The third-order valence-electron chi connectivity index (χ3n) is 7.15. The number of benzene rings is 1. The van der Waals surface area contributed by atoms with Crippen molar-refractivity contribution in [1.82, 2.24) is 14.9 Å². The van der Waals surface area contributed by atoms with Crippen LogP contribution < -0.4 is 14.8 Å². The van der Waals surface area contributed by atoms with E-state index in [0.717, 1.165) is 4.90 Å². The van der Waals surface area contributed by atoms with E-state index in [0.29, 0.717) is 22.6 Å². The zero-order valence-corrected chi connectivity index (χ0v) is 28.2. The molecule has 1 aliphatic heterocycles. The Morgan fingerprint density at radius 2 is 1.70 bits per heavy atom. The molecule has 19 heteroatoms. The number of carbonyl (C=O) groups excluding carboxylic acids is 3. The monoisotopic (exact) mass is 731 g/mol. The molecule has 2 amide bonds. The van der Waals surface area contributed by atoms with Crippen LogP contribution in [0.2, 0.25) is 4.34 Å². The molecular formula is C27H33ClF3N3O9S3. The highest BCUT2D eigenvalue weighted by Gasteiger charge is 2.49. The van der Waals surface area contributed by atoms with Gasteiger partial charge in [-0.3, -0.25) is 14.4 Å². The Bertz CT molecular complexity index is 1630. The molecule has 46 heavy (non-hydrogen) atoms. The van der Waals surface area contributed by atoms with Gasteiger partial charge in [0.25, 0.3) is 15.8 Å². The number of ether oxygens (including phenoxy) is 2. The van der Waals surface area contributed by atoms with Crippen molar-refractivity contribution in [3.63, 3.8) is 0 Å². The minimum Gasteiger partial charge on any atom is -0.497 e. The number of sulfone groups is 1. The molecule has 2 heterocycles. The van der Waals surface area contributed by atoms with Crippen LogP contribution >= 0.6 is 22.9 Å². The minimum absolute atomic E-state index is 0.143. The Hall–Kier alpha value is -2.77. The minimum atomic E-state index is -5.29. The van der Waals surface area contributed by atoms with Crippen LogP contribution in [0, 0.1) is 5.92 Å². The van der Waals surface area contributed by atoms with Crippen LogP contribution in [0.3, 0.4) is 0 Å². The number of sulfonamides is 1. The molecule has 3 rings (SSSR count). The lowest BCUT2D eigenvalue weighted by Crippen LogP contribution is -2.57. The number of carbonyl (C=O) groups is 3. The number of ketones is 1. The van der Waals surface area contributed by atoms with E-state index in [1.165, 1.54) is 64.5 Å². The highest BCUT2D eigenvalue weighted by molar-refractivity contribution is 7.91. The number of methoxy groups -OCH3 is 2. The summed E-state index contributed by atoms with van der Waals surface area (Å²) in [5.74, 6) is -5.57. The third kappa shape index (κ3) is 9.19. The Kier molecular flexibility index (Phi) is 12.3. The number of Topliss-reactive ketones (excluding diaryl/α,β-unsaturated/α-hetero) is 1.